The van der Waals surface area contributed by atoms with Crippen molar-refractivity contribution in [3.05, 3.63) is 69.1 Å². The number of hydrogen-bond acceptors (Lipinski definition) is 6. The Kier molecular flexibility index (Phi) is 7.26. The van der Waals surface area contributed by atoms with E-state index in [0.29, 0.717) is 39.9 Å². The maximum Gasteiger partial charge on any atom is 0.257 e. The zero-order chi connectivity index (χ0) is 21.5. The van der Waals surface area contributed by atoms with Crippen molar-refractivity contribution in [2.24, 2.45) is 0 Å². The second-order valence-electron chi connectivity index (χ2n) is 6.23. The Balaban J connectivity index is 1.49. The number of anilines is 2. The van der Waals surface area contributed by atoms with Gasteiger partial charge in [-0.2, -0.15) is 0 Å². The van der Waals surface area contributed by atoms with Gasteiger partial charge in [-0.1, -0.05) is 33.3 Å². The van der Waals surface area contributed by atoms with E-state index < -0.39 is 0 Å². The Hall–Kier alpha value is -3.11. The summed E-state index contributed by atoms with van der Waals surface area (Å²) in [5.41, 5.74) is 1.61. The van der Waals surface area contributed by atoms with Gasteiger partial charge in [0.15, 0.2) is 0 Å². The summed E-state index contributed by atoms with van der Waals surface area (Å²) in [6.45, 7) is 1.82. The van der Waals surface area contributed by atoms with Crippen LogP contribution >= 0.6 is 27.3 Å². The van der Waals surface area contributed by atoms with Crippen LogP contribution in [0.2, 0.25) is 0 Å². The van der Waals surface area contributed by atoms with Gasteiger partial charge in [-0.15, -0.1) is 10.2 Å². The highest BCUT2D eigenvalue weighted by Gasteiger charge is 2.11. The molecule has 0 fully saturated rings. The fourth-order valence-corrected chi connectivity index (χ4v) is 3.63. The van der Waals surface area contributed by atoms with Crippen LogP contribution in [0.1, 0.15) is 32.6 Å². The molecular formula is C20H18BrN5O3S. The van der Waals surface area contributed by atoms with Crippen molar-refractivity contribution < 1.29 is 14.4 Å². The second kappa shape index (κ2) is 10.1. The lowest BCUT2D eigenvalue weighted by Crippen LogP contribution is -2.25. The van der Waals surface area contributed by atoms with Crippen molar-refractivity contribution in [2.75, 3.05) is 17.2 Å². The molecule has 1 heterocycles. The molecule has 0 unspecified atom stereocenters. The third kappa shape index (κ3) is 6.19. The predicted molar refractivity (Wildman–Crippen MR) is 119 cm³/mol. The van der Waals surface area contributed by atoms with E-state index in [1.165, 1.54) is 18.3 Å². The van der Waals surface area contributed by atoms with Gasteiger partial charge in [0.25, 0.3) is 11.8 Å². The number of carbonyl (C=O) groups excluding carboxylic acids is 3. The fourth-order valence-electron chi connectivity index (χ4n) is 2.50. The molecular weight excluding hydrogens is 470 g/mol. The summed E-state index contributed by atoms with van der Waals surface area (Å²) in [7, 11) is 0. The quantitative estimate of drug-likeness (QED) is 0.472. The van der Waals surface area contributed by atoms with Crippen molar-refractivity contribution in [3.8, 4) is 0 Å². The number of rotatable bonds is 7. The number of nitrogens with zero attached hydrogens (tertiary/aromatic N) is 2. The highest BCUT2D eigenvalue weighted by molar-refractivity contribution is 9.10. The van der Waals surface area contributed by atoms with Crippen molar-refractivity contribution >= 4 is 55.8 Å². The Morgan fingerprint density at radius 1 is 0.967 bits per heavy atom. The maximum absolute atomic E-state index is 12.3. The molecule has 10 heteroatoms. The van der Waals surface area contributed by atoms with Crippen LogP contribution in [0.25, 0.3) is 0 Å². The van der Waals surface area contributed by atoms with E-state index in [4.69, 9.17) is 0 Å². The minimum atomic E-state index is -0.324. The molecule has 3 aromatic rings. The number of nitrogens with one attached hydrogen (secondary N) is 3. The van der Waals surface area contributed by atoms with Crippen LogP contribution in [-0.4, -0.2) is 34.5 Å². The summed E-state index contributed by atoms with van der Waals surface area (Å²) in [4.78, 5) is 35.5. The molecule has 2 aromatic carbocycles. The zero-order valence-electron chi connectivity index (χ0n) is 15.9. The van der Waals surface area contributed by atoms with E-state index >= 15 is 0 Å². The Bertz CT molecular complexity index is 1070. The normalized spacial score (nSPS) is 10.3. The van der Waals surface area contributed by atoms with Crippen molar-refractivity contribution in [1.29, 1.82) is 0 Å². The number of halogens is 1. The van der Waals surface area contributed by atoms with E-state index in [1.807, 2.05) is 6.07 Å². The topological polar surface area (TPSA) is 113 Å². The van der Waals surface area contributed by atoms with Crippen molar-refractivity contribution in [3.63, 3.8) is 0 Å². The highest BCUT2D eigenvalue weighted by Crippen LogP contribution is 2.17. The first-order chi connectivity index (χ1) is 14.4. The number of aromatic nitrogens is 2. The summed E-state index contributed by atoms with van der Waals surface area (Å²) in [5, 5.41) is 17.2. The molecule has 154 valence electrons. The van der Waals surface area contributed by atoms with Crippen LogP contribution in [0, 0.1) is 0 Å². The third-order valence-corrected chi connectivity index (χ3v) is 5.26. The Labute approximate surface area is 185 Å². The minimum Gasteiger partial charge on any atom is -0.352 e. The molecule has 8 nitrogen and oxygen atoms in total. The molecule has 0 aliphatic rings. The van der Waals surface area contributed by atoms with E-state index in [9.17, 15) is 14.4 Å². The molecule has 3 amide bonds. The van der Waals surface area contributed by atoms with Crippen LogP contribution < -0.4 is 16.0 Å². The van der Waals surface area contributed by atoms with E-state index in [1.54, 1.807) is 42.5 Å². The van der Waals surface area contributed by atoms with Gasteiger partial charge in [0, 0.05) is 41.2 Å². The van der Waals surface area contributed by atoms with E-state index in [2.05, 4.69) is 42.1 Å². The van der Waals surface area contributed by atoms with Crippen LogP contribution in [0.5, 0.6) is 0 Å². The van der Waals surface area contributed by atoms with E-state index in [-0.39, 0.29) is 17.7 Å². The van der Waals surface area contributed by atoms with Gasteiger partial charge in [-0.05, 0) is 42.5 Å². The minimum absolute atomic E-state index is 0.169. The van der Waals surface area contributed by atoms with Crippen molar-refractivity contribution in [2.45, 2.75) is 13.3 Å². The Morgan fingerprint density at radius 3 is 2.43 bits per heavy atom. The van der Waals surface area contributed by atoms with Crippen LogP contribution in [0.4, 0.5) is 10.8 Å². The molecule has 3 N–H and O–H groups in total. The van der Waals surface area contributed by atoms with Crippen LogP contribution in [0.15, 0.2) is 53.0 Å². The molecule has 0 aliphatic carbocycles. The lowest BCUT2D eigenvalue weighted by Gasteiger charge is -2.04. The monoisotopic (exact) mass is 487 g/mol. The lowest BCUT2D eigenvalue weighted by atomic mass is 10.2. The number of hydrogen-bond donors (Lipinski definition) is 3. The maximum atomic E-state index is 12.3. The first-order valence-electron chi connectivity index (χ1n) is 8.96. The predicted octanol–water partition coefficient (Wildman–Crippen LogP) is 3.48. The van der Waals surface area contributed by atoms with Crippen LogP contribution in [0.3, 0.4) is 0 Å². The average molecular weight is 488 g/mol. The van der Waals surface area contributed by atoms with Gasteiger partial charge in [0.05, 0.1) is 0 Å². The molecule has 0 bridgehead atoms. The molecule has 30 heavy (non-hydrogen) atoms. The molecule has 0 saturated carbocycles. The van der Waals surface area contributed by atoms with Gasteiger partial charge in [0.1, 0.15) is 5.01 Å². The molecule has 3 rings (SSSR count). The SMILES string of the molecule is CC(=O)Nc1ccc(C(=O)Nc2nnc(CCNC(=O)c3cccc(Br)c3)s2)cc1. The van der Waals surface area contributed by atoms with Gasteiger partial charge in [-0.25, -0.2) is 0 Å². The summed E-state index contributed by atoms with van der Waals surface area (Å²) in [5.74, 6) is -0.673. The zero-order valence-corrected chi connectivity index (χ0v) is 18.3. The standard InChI is InChI=1S/C20H18BrN5O3S/c1-12(27)23-16-7-5-13(6-8-16)19(29)24-20-26-25-17(30-20)9-10-22-18(28)14-3-2-4-15(21)11-14/h2-8,11H,9-10H2,1H3,(H,22,28)(H,23,27)(H,24,26,29). The number of amides is 3. The van der Waals surface area contributed by atoms with Gasteiger partial charge in [-0.3, -0.25) is 19.7 Å². The third-order valence-electron chi connectivity index (χ3n) is 3.87. The molecule has 0 spiro atoms. The first-order valence-corrected chi connectivity index (χ1v) is 10.6. The Morgan fingerprint density at radius 2 is 1.73 bits per heavy atom. The summed E-state index contributed by atoms with van der Waals surface area (Å²) >= 11 is 4.59. The second-order valence-corrected chi connectivity index (χ2v) is 8.21. The van der Waals surface area contributed by atoms with E-state index in [0.717, 1.165) is 4.47 Å². The molecule has 1 aromatic heterocycles. The largest absolute Gasteiger partial charge is 0.352 e. The first kappa shape index (κ1) is 21.6. The molecule has 0 atom stereocenters. The summed E-state index contributed by atoms with van der Waals surface area (Å²) in [6, 6.07) is 13.7. The number of carbonyl (C=O) groups is 3. The highest BCUT2D eigenvalue weighted by atomic mass is 79.9. The van der Waals surface area contributed by atoms with Crippen LogP contribution in [-0.2, 0) is 11.2 Å². The molecule has 0 radical (unpaired) electrons. The smallest absolute Gasteiger partial charge is 0.257 e. The fraction of sp³-hybridized carbons (Fsp3) is 0.150. The number of benzene rings is 2. The van der Waals surface area contributed by atoms with Gasteiger partial charge in [0.2, 0.25) is 11.0 Å². The van der Waals surface area contributed by atoms with Crippen molar-refractivity contribution in [1.82, 2.24) is 15.5 Å². The lowest BCUT2D eigenvalue weighted by molar-refractivity contribution is -0.114. The van der Waals surface area contributed by atoms with Gasteiger partial charge < -0.3 is 10.6 Å². The summed E-state index contributed by atoms with van der Waals surface area (Å²) in [6.07, 6.45) is 0.499. The van der Waals surface area contributed by atoms with Gasteiger partial charge >= 0.3 is 0 Å². The molecule has 0 saturated heterocycles. The average Bonchev–Trinajstić information content (AvgIpc) is 3.15. The summed E-state index contributed by atoms with van der Waals surface area (Å²) < 4.78 is 0.837. The molecule has 0 aliphatic heterocycles.